The molecular formula is C30H36N2O5. The van der Waals surface area contributed by atoms with Crippen molar-refractivity contribution in [1.82, 2.24) is 10.2 Å². The Morgan fingerprint density at radius 2 is 1.62 bits per heavy atom. The van der Waals surface area contributed by atoms with Crippen LogP contribution >= 0.6 is 0 Å². The van der Waals surface area contributed by atoms with Crippen LogP contribution in [0, 0.1) is 0 Å². The lowest BCUT2D eigenvalue weighted by molar-refractivity contribution is -0.123. The number of rotatable bonds is 11. The van der Waals surface area contributed by atoms with Crippen LogP contribution in [0.15, 0.2) is 60.7 Å². The van der Waals surface area contributed by atoms with E-state index < -0.39 is 0 Å². The molecule has 1 atom stereocenters. The average Bonchev–Trinajstić information content (AvgIpc) is 2.93. The zero-order valence-corrected chi connectivity index (χ0v) is 22.1. The first-order valence-corrected chi connectivity index (χ1v) is 12.6. The van der Waals surface area contributed by atoms with Gasteiger partial charge in [0.25, 0.3) is 0 Å². The standard InChI is InChI=1S/C30H36N2O5/c1-5-37-29-16-22(11-12-26(29)34-2)15-25-24-18-28(36-4)27(35-3)17-23(24)13-14-32(25)20-30(33)31-19-21-9-7-6-8-10-21/h6-12,16-18,25H,5,13-15,19-20H2,1-4H3,(H,31,33). The summed E-state index contributed by atoms with van der Waals surface area (Å²) < 4.78 is 22.5. The van der Waals surface area contributed by atoms with Crippen LogP contribution in [-0.2, 0) is 24.2 Å². The number of ether oxygens (including phenoxy) is 4. The van der Waals surface area contributed by atoms with Crippen molar-refractivity contribution in [3.05, 3.63) is 82.9 Å². The molecule has 1 unspecified atom stereocenters. The molecule has 1 N–H and O–H groups in total. The van der Waals surface area contributed by atoms with E-state index in [0.717, 1.165) is 41.2 Å². The average molecular weight is 505 g/mol. The van der Waals surface area contributed by atoms with Gasteiger partial charge in [-0.3, -0.25) is 9.69 Å². The number of nitrogens with one attached hydrogen (secondary N) is 1. The smallest absolute Gasteiger partial charge is 0.234 e. The number of nitrogens with zero attached hydrogens (tertiary/aromatic N) is 1. The van der Waals surface area contributed by atoms with Gasteiger partial charge in [-0.15, -0.1) is 0 Å². The Balaban J connectivity index is 1.61. The monoisotopic (exact) mass is 504 g/mol. The molecule has 196 valence electrons. The van der Waals surface area contributed by atoms with Crippen LogP contribution in [0.5, 0.6) is 23.0 Å². The molecule has 0 radical (unpaired) electrons. The van der Waals surface area contributed by atoms with Crippen molar-refractivity contribution in [2.75, 3.05) is 41.0 Å². The molecule has 0 bridgehead atoms. The van der Waals surface area contributed by atoms with Gasteiger partial charge in [0.15, 0.2) is 23.0 Å². The second kappa shape index (κ2) is 12.5. The molecule has 3 aromatic rings. The summed E-state index contributed by atoms with van der Waals surface area (Å²) in [4.78, 5) is 15.3. The maximum Gasteiger partial charge on any atom is 0.234 e. The first kappa shape index (κ1) is 26.4. The van der Waals surface area contributed by atoms with Crippen LogP contribution in [0.3, 0.4) is 0 Å². The van der Waals surface area contributed by atoms with Crippen LogP contribution < -0.4 is 24.3 Å². The van der Waals surface area contributed by atoms with E-state index >= 15 is 0 Å². The van der Waals surface area contributed by atoms with Gasteiger partial charge in [-0.1, -0.05) is 36.4 Å². The van der Waals surface area contributed by atoms with E-state index in [1.54, 1.807) is 21.3 Å². The van der Waals surface area contributed by atoms with Gasteiger partial charge < -0.3 is 24.3 Å². The van der Waals surface area contributed by atoms with Crippen molar-refractivity contribution >= 4 is 5.91 Å². The molecule has 7 heteroatoms. The fraction of sp³-hybridized carbons (Fsp3) is 0.367. The van der Waals surface area contributed by atoms with Gasteiger partial charge in [0.2, 0.25) is 5.91 Å². The highest BCUT2D eigenvalue weighted by atomic mass is 16.5. The van der Waals surface area contributed by atoms with Gasteiger partial charge in [0.05, 0.1) is 34.5 Å². The Kier molecular flexibility index (Phi) is 8.90. The zero-order chi connectivity index (χ0) is 26.2. The quantitative estimate of drug-likeness (QED) is 0.413. The topological polar surface area (TPSA) is 69.3 Å². The molecule has 1 heterocycles. The molecule has 7 nitrogen and oxygen atoms in total. The van der Waals surface area contributed by atoms with E-state index in [1.165, 1.54) is 5.56 Å². The van der Waals surface area contributed by atoms with E-state index in [4.69, 9.17) is 18.9 Å². The predicted molar refractivity (Wildman–Crippen MR) is 144 cm³/mol. The van der Waals surface area contributed by atoms with Crippen molar-refractivity contribution in [2.24, 2.45) is 0 Å². The molecule has 0 fully saturated rings. The molecule has 4 rings (SSSR count). The molecular weight excluding hydrogens is 468 g/mol. The predicted octanol–water partition coefficient (Wildman–Crippen LogP) is 4.57. The van der Waals surface area contributed by atoms with Crippen LogP contribution in [0.4, 0.5) is 0 Å². The number of carbonyl (C=O) groups is 1. The van der Waals surface area contributed by atoms with Crippen molar-refractivity contribution in [3.63, 3.8) is 0 Å². The van der Waals surface area contributed by atoms with Crippen LogP contribution in [0.1, 0.15) is 35.2 Å². The minimum atomic E-state index is -0.0195. The molecule has 37 heavy (non-hydrogen) atoms. The number of hydrogen-bond acceptors (Lipinski definition) is 6. The van der Waals surface area contributed by atoms with Crippen molar-refractivity contribution in [3.8, 4) is 23.0 Å². The third-order valence-electron chi connectivity index (χ3n) is 6.75. The number of methoxy groups -OCH3 is 3. The van der Waals surface area contributed by atoms with Gasteiger partial charge in [0, 0.05) is 19.1 Å². The van der Waals surface area contributed by atoms with Gasteiger partial charge in [-0.25, -0.2) is 0 Å². The number of benzene rings is 3. The van der Waals surface area contributed by atoms with Crippen molar-refractivity contribution in [1.29, 1.82) is 0 Å². The highest BCUT2D eigenvalue weighted by Crippen LogP contribution is 2.40. The maximum atomic E-state index is 13.0. The third kappa shape index (κ3) is 6.35. The maximum absolute atomic E-state index is 13.0. The van der Waals surface area contributed by atoms with Gasteiger partial charge in [-0.05, 0) is 66.3 Å². The summed E-state index contributed by atoms with van der Waals surface area (Å²) in [5, 5.41) is 3.07. The van der Waals surface area contributed by atoms with E-state index in [0.29, 0.717) is 37.6 Å². The van der Waals surface area contributed by atoms with Gasteiger partial charge >= 0.3 is 0 Å². The summed E-state index contributed by atoms with van der Waals surface area (Å²) in [6, 6.07) is 20.1. The summed E-state index contributed by atoms with van der Waals surface area (Å²) in [5.74, 6) is 2.84. The molecule has 0 spiro atoms. The minimum absolute atomic E-state index is 0.00233. The summed E-state index contributed by atoms with van der Waals surface area (Å²) in [6.45, 7) is 4.09. The number of carbonyl (C=O) groups excluding carboxylic acids is 1. The second-order valence-corrected chi connectivity index (χ2v) is 9.03. The SMILES string of the molecule is CCOc1cc(CC2c3cc(OC)c(OC)cc3CCN2CC(=O)NCc2ccccc2)ccc1OC. The molecule has 1 aliphatic rings. The zero-order valence-electron chi connectivity index (χ0n) is 22.1. The highest BCUT2D eigenvalue weighted by molar-refractivity contribution is 5.78. The molecule has 1 aliphatic heterocycles. The third-order valence-corrected chi connectivity index (χ3v) is 6.75. The number of amides is 1. The second-order valence-electron chi connectivity index (χ2n) is 9.03. The van der Waals surface area contributed by atoms with Crippen LogP contribution in [-0.4, -0.2) is 51.8 Å². The van der Waals surface area contributed by atoms with Crippen LogP contribution in [0.25, 0.3) is 0 Å². The van der Waals surface area contributed by atoms with Crippen molar-refractivity contribution < 1.29 is 23.7 Å². The minimum Gasteiger partial charge on any atom is -0.493 e. The van der Waals surface area contributed by atoms with E-state index in [9.17, 15) is 4.79 Å². The lowest BCUT2D eigenvalue weighted by Gasteiger charge is -2.37. The molecule has 0 saturated heterocycles. The van der Waals surface area contributed by atoms with Crippen molar-refractivity contribution in [2.45, 2.75) is 32.4 Å². The highest BCUT2D eigenvalue weighted by Gasteiger charge is 2.31. The molecule has 3 aromatic carbocycles. The summed E-state index contributed by atoms with van der Waals surface area (Å²) >= 11 is 0. The fourth-order valence-electron chi connectivity index (χ4n) is 4.88. The summed E-state index contributed by atoms with van der Waals surface area (Å²) in [5.41, 5.74) is 4.54. The Hall–Kier alpha value is -3.71. The lowest BCUT2D eigenvalue weighted by atomic mass is 9.88. The summed E-state index contributed by atoms with van der Waals surface area (Å²) in [6.07, 6.45) is 1.53. The first-order chi connectivity index (χ1) is 18.1. The van der Waals surface area contributed by atoms with E-state index in [1.807, 2.05) is 49.4 Å². The summed E-state index contributed by atoms with van der Waals surface area (Å²) in [7, 11) is 4.94. The molecule has 0 saturated carbocycles. The molecule has 1 amide bonds. The van der Waals surface area contributed by atoms with Gasteiger partial charge in [0.1, 0.15) is 0 Å². The van der Waals surface area contributed by atoms with E-state index in [-0.39, 0.29) is 11.9 Å². The molecule has 0 aliphatic carbocycles. The lowest BCUT2D eigenvalue weighted by Crippen LogP contribution is -2.43. The fourth-order valence-corrected chi connectivity index (χ4v) is 4.88. The number of fused-ring (bicyclic) bond motifs is 1. The Labute approximate surface area is 219 Å². The van der Waals surface area contributed by atoms with E-state index in [2.05, 4.69) is 28.4 Å². The van der Waals surface area contributed by atoms with Crippen LogP contribution in [0.2, 0.25) is 0 Å². The van der Waals surface area contributed by atoms with Gasteiger partial charge in [-0.2, -0.15) is 0 Å². The normalized spacial score (nSPS) is 15.0. The molecule has 0 aromatic heterocycles. The Morgan fingerprint density at radius 1 is 0.892 bits per heavy atom. The number of hydrogen-bond donors (Lipinski definition) is 1. The largest absolute Gasteiger partial charge is 0.493 e. The Morgan fingerprint density at radius 3 is 2.32 bits per heavy atom. The Bertz CT molecular complexity index is 1200. The first-order valence-electron chi connectivity index (χ1n) is 12.6.